The third-order valence-electron chi connectivity index (χ3n) is 2.36. The van der Waals surface area contributed by atoms with Crippen LogP contribution in [0.2, 0.25) is 0 Å². The van der Waals surface area contributed by atoms with Crippen molar-refractivity contribution in [1.29, 1.82) is 0 Å². The summed E-state index contributed by atoms with van der Waals surface area (Å²) >= 11 is 1.52. The van der Waals surface area contributed by atoms with Crippen LogP contribution in [0, 0.1) is 5.92 Å². The molecule has 1 heterocycles. The molecule has 2 N–H and O–H groups in total. The van der Waals surface area contributed by atoms with Gasteiger partial charge in [-0.25, -0.2) is 0 Å². The van der Waals surface area contributed by atoms with Crippen LogP contribution in [0.4, 0.5) is 0 Å². The minimum absolute atomic E-state index is 0.0110. The van der Waals surface area contributed by atoms with E-state index in [1.807, 2.05) is 27.7 Å². The molecule has 2 atom stereocenters. The number of nitrogens with one attached hydrogen (secondary N) is 2. The molecule has 0 saturated carbocycles. The second-order valence-corrected chi connectivity index (χ2v) is 5.79. The first-order chi connectivity index (χ1) is 7.41. The molecule has 1 rings (SSSR count). The second kappa shape index (κ2) is 5.68. The van der Waals surface area contributed by atoms with Crippen molar-refractivity contribution in [2.24, 2.45) is 5.92 Å². The molecule has 4 nitrogen and oxygen atoms in total. The van der Waals surface area contributed by atoms with Crippen LogP contribution in [0.1, 0.15) is 27.7 Å². The normalized spacial score (nSPS) is 25.1. The molecular weight excluding hydrogens is 224 g/mol. The van der Waals surface area contributed by atoms with Crippen LogP contribution in [0.15, 0.2) is 0 Å². The molecule has 1 fully saturated rings. The number of hydrogen-bond donors (Lipinski definition) is 2. The third kappa shape index (κ3) is 3.49. The summed E-state index contributed by atoms with van der Waals surface area (Å²) < 4.78 is 0. The number of hydrogen-bond acceptors (Lipinski definition) is 4. The molecule has 5 heteroatoms. The number of rotatable bonds is 4. The average molecular weight is 244 g/mol. The van der Waals surface area contributed by atoms with Gasteiger partial charge in [0.1, 0.15) is 5.37 Å². The van der Waals surface area contributed by atoms with Crippen molar-refractivity contribution in [3.8, 4) is 0 Å². The first-order valence-corrected chi connectivity index (χ1v) is 6.68. The van der Waals surface area contributed by atoms with Crippen LogP contribution in [-0.2, 0) is 9.59 Å². The third-order valence-corrected chi connectivity index (χ3v) is 3.58. The smallest absolute Gasteiger partial charge is 0.238 e. The molecule has 0 spiro atoms. The van der Waals surface area contributed by atoms with Gasteiger partial charge in [-0.1, -0.05) is 13.8 Å². The highest BCUT2D eigenvalue weighted by Crippen LogP contribution is 2.22. The molecule has 0 radical (unpaired) electrons. The molecule has 0 aromatic carbocycles. The average Bonchev–Trinajstić information content (AvgIpc) is 2.63. The molecule has 0 aromatic heterocycles. The lowest BCUT2D eigenvalue weighted by Gasteiger charge is -2.15. The molecule has 1 saturated heterocycles. The number of carbonyl (C=O) groups excluding carboxylic acids is 2. The monoisotopic (exact) mass is 244 g/mol. The van der Waals surface area contributed by atoms with E-state index >= 15 is 0 Å². The SMILES string of the molecule is CC(C)NC(=O)C1CSC(C(=O)C(C)C)N1. The van der Waals surface area contributed by atoms with Gasteiger partial charge >= 0.3 is 0 Å². The number of thioether (sulfide) groups is 1. The van der Waals surface area contributed by atoms with E-state index in [-0.39, 0.29) is 35.1 Å². The zero-order valence-electron chi connectivity index (χ0n) is 10.2. The Hall–Kier alpha value is -0.550. The van der Waals surface area contributed by atoms with Gasteiger partial charge in [0, 0.05) is 17.7 Å². The fourth-order valence-electron chi connectivity index (χ4n) is 1.47. The Labute approximate surface area is 101 Å². The summed E-state index contributed by atoms with van der Waals surface area (Å²) in [5, 5.41) is 5.71. The minimum Gasteiger partial charge on any atom is -0.353 e. The quantitative estimate of drug-likeness (QED) is 0.767. The molecule has 1 amide bonds. The topological polar surface area (TPSA) is 58.2 Å². The van der Waals surface area contributed by atoms with Crippen LogP contribution in [0.5, 0.6) is 0 Å². The highest BCUT2D eigenvalue weighted by Gasteiger charge is 2.34. The predicted molar refractivity (Wildman–Crippen MR) is 66.3 cm³/mol. The van der Waals surface area contributed by atoms with E-state index in [9.17, 15) is 9.59 Å². The Balaban J connectivity index is 2.46. The molecule has 1 aliphatic rings. The standard InChI is InChI=1S/C11H20N2O2S/c1-6(2)9(14)11-13-8(5-16-11)10(15)12-7(3)4/h6-8,11,13H,5H2,1-4H3,(H,12,15). The molecule has 2 unspecified atom stereocenters. The Bertz CT molecular complexity index is 279. The fourth-order valence-corrected chi connectivity index (χ4v) is 2.80. The lowest BCUT2D eigenvalue weighted by Crippen LogP contribution is -2.47. The zero-order valence-corrected chi connectivity index (χ0v) is 11.1. The van der Waals surface area contributed by atoms with Gasteiger partial charge in [-0.2, -0.15) is 0 Å². The predicted octanol–water partition coefficient (Wildman–Crippen LogP) is 0.767. The molecule has 0 bridgehead atoms. The van der Waals surface area contributed by atoms with Crippen molar-refractivity contribution in [2.45, 2.75) is 45.2 Å². The van der Waals surface area contributed by atoms with Gasteiger partial charge in [-0.15, -0.1) is 11.8 Å². The highest BCUT2D eigenvalue weighted by molar-refractivity contribution is 8.00. The summed E-state index contributed by atoms with van der Waals surface area (Å²) in [4.78, 5) is 23.4. The van der Waals surface area contributed by atoms with Gasteiger partial charge in [0.25, 0.3) is 0 Å². The van der Waals surface area contributed by atoms with E-state index < -0.39 is 0 Å². The molecule has 1 aliphatic heterocycles. The Morgan fingerprint density at radius 1 is 1.31 bits per heavy atom. The molecule has 0 aromatic rings. The van der Waals surface area contributed by atoms with Gasteiger partial charge < -0.3 is 5.32 Å². The molecule has 92 valence electrons. The van der Waals surface area contributed by atoms with Crippen LogP contribution >= 0.6 is 11.8 Å². The maximum Gasteiger partial charge on any atom is 0.238 e. The summed E-state index contributed by atoms with van der Waals surface area (Å²) in [7, 11) is 0. The van der Waals surface area contributed by atoms with Gasteiger partial charge in [-0.3, -0.25) is 14.9 Å². The Kier molecular flexibility index (Phi) is 4.80. The zero-order chi connectivity index (χ0) is 12.3. The first kappa shape index (κ1) is 13.5. The maximum atomic E-state index is 11.7. The van der Waals surface area contributed by atoms with Gasteiger partial charge in [0.05, 0.1) is 6.04 Å². The van der Waals surface area contributed by atoms with Crippen molar-refractivity contribution in [3.05, 3.63) is 0 Å². The van der Waals surface area contributed by atoms with Crippen molar-refractivity contribution < 1.29 is 9.59 Å². The van der Waals surface area contributed by atoms with Gasteiger partial charge in [-0.05, 0) is 13.8 Å². The summed E-state index contributed by atoms with van der Waals surface area (Å²) in [6.45, 7) is 7.62. The van der Waals surface area contributed by atoms with Crippen LogP contribution < -0.4 is 10.6 Å². The number of Topliss-reactive ketones (excluding diaryl/α,β-unsaturated/α-hetero) is 1. The second-order valence-electron chi connectivity index (χ2n) is 4.65. The fraction of sp³-hybridized carbons (Fsp3) is 0.818. The van der Waals surface area contributed by atoms with Crippen molar-refractivity contribution in [2.75, 3.05) is 5.75 Å². The molecule has 0 aliphatic carbocycles. The number of carbonyl (C=O) groups is 2. The van der Waals surface area contributed by atoms with E-state index in [1.165, 1.54) is 11.8 Å². The van der Waals surface area contributed by atoms with Crippen LogP contribution in [-0.4, -0.2) is 34.9 Å². The van der Waals surface area contributed by atoms with Crippen molar-refractivity contribution >= 4 is 23.5 Å². The van der Waals surface area contributed by atoms with Crippen LogP contribution in [0.25, 0.3) is 0 Å². The Morgan fingerprint density at radius 2 is 1.94 bits per heavy atom. The van der Waals surface area contributed by atoms with Crippen molar-refractivity contribution in [3.63, 3.8) is 0 Å². The van der Waals surface area contributed by atoms with E-state index in [0.717, 1.165) is 0 Å². The summed E-state index contributed by atoms with van der Waals surface area (Å²) in [5.41, 5.74) is 0. The lowest BCUT2D eigenvalue weighted by molar-refractivity contribution is -0.124. The van der Waals surface area contributed by atoms with Gasteiger partial charge in [0.2, 0.25) is 5.91 Å². The van der Waals surface area contributed by atoms with E-state index in [4.69, 9.17) is 0 Å². The van der Waals surface area contributed by atoms with Crippen molar-refractivity contribution in [1.82, 2.24) is 10.6 Å². The minimum atomic E-state index is -0.236. The number of ketones is 1. The first-order valence-electron chi connectivity index (χ1n) is 5.63. The van der Waals surface area contributed by atoms with Crippen LogP contribution in [0.3, 0.4) is 0 Å². The largest absolute Gasteiger partial charge is 0.353 e. The van der Waals surface area contributed by atoms with Gasteiger partial charge in [0.15, 0.2) is 5.78 Å². The van der Waals surface area contributed by atoms with E-state index in [0.29, 0.717) is 5.75 Å². The summed E-state index contributed by atoms with van der Waals surface area (Å²) in [6, 6.07) is -0.0979. The molecular formula is C11H20N2O2S. The lowest BCUT2D eigenvalue weighted by atomic mass is 10.1. The number of amides is 1. The molecule has 16 heavy (non-hydrogen) atoms. The summed E-state index contributed by atoms with van der Waals surface area (Å²) in [5.74, 6) is 0.838. The maximum absolute atomic E-state index is 11.7. The summed E-state index contributed by atoms with van der Waals surface area (Å²) in [6.07, 6.45) is 0. The highest BCUT2D eigenvalue weighted by atomic mass is 32.2. The van der Waals surface area contributed by atoms with E-state index in [1.54, 1.807) is 0 Å². The Morgan fingerprint density at radius 3 is 2.44 bits per heavy atom. The van der Waals surface area contributed by atoms with E-state index in [2.05, 4.69) is 10.6 Å².